The minimum absolute atomic E-state index is 0.274. The minimum Gasteiger partial charge on any atom is -0.392 e. The second kappa shape index (κ2) is 2.71. The molecule has 1 aliphatic rings. The molecule has 0 bridgehead atoms. The van der Waals surface area contributed by atoms with Crippen molar-refractivity contribution in [1.82, 2.24) is 0 Å². The lowest BCUT2D eigenvalue weighted by molar-refractivity contribution is 0.101. The van der Waals surface area contributed by atoms with E-state index in [-0.39, 0.29) is 12.2 Å². The molecule has 0 aromatic heterocycles. The first kappa shape index (κ1) is 6.39. The predicted molar refractivity (Wildman–Crippen MR) is 34.0 cm³/mol. The molecule has 3 heteroatoms. The first-order valence-corrected chi connectivity index (χ1v) is 3.88. The third kappa shape index (κ3) is 1.65. The highest BCUT2D eigenvalue weighted by Gasteiger charge is 2.17. The smallest absolute Gasteiger partial charge is 0.0655 e. The summed E-state index contributed by atoms with van der Waals surface area (Å²) >= 11 is 1.61. The van der Waals surface area contributed by atoms with Gasteiger partial charge in [0, 0.05) is 17.9 Å². The quantitative estimate of drug-likeness (QED) is 0.484. The molecule has 0 aromatic rings. The largest absolute Gasteiger partial charge is 0.392 e. The Labute approximate surface area is 52.9 Å². The average Bonchev–Trinajstić information content (AvgIpc) is 1.64. The Bertz CT molecular complexity index is 68.8. The summed E-state index contributed by atoms with van der Waals surface area (Å²) in [6, 6.07) is 0. The number of hydrogen-bond donors (Lipinski definition) is 2. The van der Waals surface area contributed by atoms with Gasteiger partial charge >= 0.3 is 0 Å². The van der Waals surface area contributed by atoms with Gasteiger partial charge in [-0.1, -0.05) is 0 Å². The molecule has 0 radical (unpaired) electrons. The minimum atomic E-state index is -0.274. The fourth-order valence-electron chi connectivity index (χ4n) is 0.790. The summed E-state index contributed by atoms with van der Waals surface area (Å²) in [5, 5.41) is 17.8. The van der Waals surface area contributed by atoms with Crippen molar-refractivity contribution in [2.24, 2.45) is 0 Å². The first-order valence-electron chi connectivity index (χ1n) is 2.73. The molecule has 2 N–H and O–H groups in total. The Morgan fingerprint density at radius 2 is 1.62 bits per heavy atom. The summed E-state index contributed by atoms with van der Waals surface area (Å²) in [5.74, 6) is 1.58. The van der Waals surface area contributed by atoms with Crippen molar-refractivity contribution in [3.8, 4) is 0 Å². The maximum atomic E-state index is 8.90. The fraction of sp³-hybridized carbons (Fsp3) is 1.00. The van der Waals surface area contributed by atoms with Crippen LogP contribution in [0.4, 0.5) is 0 Å². The predicted octanol–water partition coefficient (Wildman–Crippen LogP) is -0.155. The molecule has 1 fully saturated rings. The summed E-state index contributed by atoms with van der Waals surface area (Å²) in [7, 11) is 0. The Balaban J connectivity index is 2.23. The van der Waals surface area contributed by atoms with E-state index in [4.69, 9.17) is 10.2 Å². The van der Waals surface area contributed by atoms with E-state index in [1.54, 1.807) is 11.8 Å². The molecule has 0 spiro atoms. The lowest BCUT2D eigenvalue weighted by atomic mass is 10.2. The zero-order valence-electron chi connectivity index (χ0n) is 4.58. The van der Waals surface area contributed by atoms with Crippen LogP contribution in [0, 0.1) is 0 Å². The van der Waals surface area contributed by atoms with Crippen molar-refractivity contribution < 1.29 is 10.2 Å². The topological polar surface area (TPSA) is 40.5 Å². The molecule has 8 heavy (non-hydrogen) atoms. The zero-order chi connectivity index (χ0) is 5.98. The number of aliphatic hydroxyl groups excluding tert-OH is 2. The van der Waals surface area contributed by atoms with Gasteiger partial charge < -0.3 is 10.2 Å². The first-order chi connectivity index (χ1) is 3.79. The molecule has 0 aliphatic carbocycles. The second-order valence-electron chi connectivity index (χ2n) is 2.08. The summed E-state index contributed by atoms with van der Waals surface area (Å²) in [6.45, 7) is 0. The van der Waals surface area contributed by atoms with Crippen LogP contribution in [-0.2, 0) is 0 Å². The standard InChI is InChI=1S/C5H10O2S/c6-4-1-5(7)3-8-2-4/h4-7H,1-3H2/t4-,5-/m0/s1. The van der Waals surface area contributed by atoms with E-state index in [1.807, 2.05) is 0 Å². The normalized spacial score (nSPS) is 39.8. The van der Waals surface area contributed by atoms with Crippen LogP contribution in [0.2, 0.25) is 0 Å². The van der Waals surface area contributed by atoms with Gasteiger partial charge in [-0.3, -0.25) is 0 Å². The van der Waals surface area contributed by atoms with Crippen LogP contribution in [-0.4, -0.2) is 33.9 Å². The molecular formula is C5H10O2S. The van der Waals surface area contributed by atoms with Crippen LogP contribution in [0.15, 0.2) is 0 Å². The molecular weight excluding hydrogens is 124 g/mol. The maximum Gasteiger partial charge on any atom is 0.0655 e. The van der Waals surface area contributed by atoms with E-state index in [9.17, 15) is 0 Å². The SMILES string of the molecule is O[C@@H]1CSC[C@@H](O)C1. The highest BCUT2D eigenvalue weighted by atomic mass is 32.2. The van der Waals surface area contributed by atoms with Gasteiger partial charge in [0.1, 0.15) is 0 Å². The van der Waals surface area contributed by atoms with Crippen LogP contribution >= 0.6 is 11.8 Å². The summed E-state index contributed by atoms with van der Waals surface area (Å²) in [5.41, 5.74) is 0. The van der Waals surface area contributed by atoms with E-state index in [0.717, 1.165) is 11.5 Å². The van der Waals surface area contributed by atoms with Crippen molar-refractivity contribution >= 4 is 11.8 Å². The number of hydrogen-bond acceptors (Lipinski definition) is 3. The van der Waals surface area contributed by atoms with Gasteiger partial charge in [0.15, 0.2) is 0 Å². The Hall–Kier alpha value is 0.270. The van der Waals surface area contributed by atoms with E-state index in [2.05, 4.69) is 0 Å². The zero-order valence-corrected chi connectivity index (χ0v) is 5.40. The number of thioether (sulfide) groups is 1. The third-order valence-electron chi connectivity index (χ3n) is 1.16. The molecule has 0 saturated carbocycles. The Morgan fingerprint density at radius 3 is 1.88 bits per heavy atom. The number of rotatable bonds is 0. The van der Waals surface area contributed by atoms with Crippen molar-refractivity contribution in [3.63, 3.8) is 0 Å². The van der Waals surface area contributed by atoms with E-state index in [1.165, 1.54) is 0 Å². The molecule has 2 atom stereocenters. The molecule has 1 saturated heterocycles. The van der Waals surface area contributed by atoms with Crippen LogP contribution in [0.5, 0.6) is 0 Å². The lowest BCUT2D eigenvalue weighted by Gasteiger charge is -2.20. The molecule has 0 unspecified atom stereocenters. The summed E-state index contributed by atoms with van der Waals surface area (Å²) in [6.07, 6.45) is 0.0139. The van der Waals surface area contributed by atoms with Gasteiger partial charge in [-0.15, -0.1) is 0 Å². The molecule has 1 heterocycles. The lowest BCUT2D eigenvalue weighted by Crippen LogP contribution is -2.27. The van der Waals surface area contributed by atoms with E-state index < -0.39 is 0 Å². The molecule has 0 aromatic carbocycles. The fourth-order valence-corrected chi connectivity index (χ4v) is 1.74. The molecule has 1 rings (SSSR count). The highest BCUT2D eigenvalue weighted by Crippen LogP contribution is 2.16. The van der Waals surface area contributed by atoms with Crippen molar-refractivity contribution in [1.29, 1.82) is 0 Å². The summed E-state index contributed by atoms with van der Waals surface area (Å²) in [4.78, 5) is 0. The van der Waals surface area contributed by atoms with E-state index >= 15 is 0 Å². The summed E-state index contributed by atoms with van der Waals surface area (Å²) < 4.78 is 0. The van der Waals surface area contributed by atoms with Gasteiger partial charge in [-0.2, -0.15) is 11.8 Å². The van der Waals surface area contributed by atoms with Gasteiger partial charge in [-0.25, -0.2) is 0 Å². The Kier molecular flexibility index (Phi) is 2.16. The van der Waals surface area contributed by atoms with Crippen LogP contribution in [0.1, 0.15) is 6.42 Å². The molecule has 1 aliphatic heterocycles. The molecule has 48 valence electrons. The van der Waals surface area contributed by atoms with Gasteiger partial charge in [0.05, 0.1) is 12.2 Å². The third-order valence-corrected chi connectivity index (χ3v) is 2.41. The van der Waals surface area contributed by atoms with Crippen LogP contribution < -0.4 is 0 Å². The van der Waals surface area contributed by atoms with Crippen molar-refractivity contribution in [2.75, 3.05) is 11.5 Å². The van der Waals surface area contributed by atoms with E-state index in [0.29, 0.717) is 6.42 Å². The Morgan fingerprint density at radius 1 is 1.12 bits per heavy atom. The van der Waals surface area contributed by atoms with Crippen molar-refractivity contribution in [3.05, 3.63) is 0 Å². The molecule has 0 amide bonds. The van der Waals surface area contributed by atoms with Gasteiger partial charge in [0.25, 0.3) is 0 Å². The van der Waals surface area contributed by atoms with Gasteiger partial charge in [0.2, 0.25) is 0 Å². The van der Waals surface area contributed by atoms with Crippen LogP contribution in [0.25, 0.3) is 0 Å². The van der Waals surface area contributed by atoms with Gasteiger partial charge in [-0.05, 0) is 0 Å². The van der Waals surface area contributed by atoms with Crippen molar-refractivity contribution in [2.45, 2.75) is 18.6 Å². The van der Waals surface area contributed by atoms with Crippen LogP contribution in [0.3, 0.4) is 0 Å². The average molecular weight is 134 g/mol. The highest BCUT2D eigenvalue weighted by molar-refractivity contribution is 7.99. The second-order valence-corrected chi connectivity index (χ2v) is 3.16. The molecule has 2 nitrogen and oxygen atoms in total. The monoisotopic (exact) mass is 134 g/mol. The maximum absolute atomic E-state index is 8.90. The number of aliphatic hydroxyl groups is 2.